The Balaban J connectivity index is 0. The van der Waals surface area contributed by atoms with Gasteiger partial charge in [0.25, 0.3) is 0 Å². The second kappa shape index (κ2) is 16.6. The molecule has 0 unspecified atom stereocenters. The predicted molar refractivity (Wildman–Crippen MR) is 49.3 cm³/mol. The van der Waals surface area contributed by atoms with E-state index in [0.717, 1.165) is 0 Å². The molecule has 0 aromatic heterocycles. The average Bonchev–Trinajstić information content (AvgIpc) is 2.48. The topological polar surface area (TPSA) is 19.9 Å². The molecular formula is C6HCoI2O-5. The molecule has 0 fully saturated rings. The van der Waals surface area contributed by atoms with Crippen LogP contribution in [0.4, 0.5) is 0 Å². The third-order valence-corrected chi connectivity index (χ3v) is 0.351. The zero-order valence-electron chi connectivity index (χ0n) is 4.57. The normalized spacial score (nSPS) is 6.40. The van der Waals surface area contributed by atoms with E-state index in [0.29, 0.717) is 0 Å². The number of halogens is 2. The molecule has 0 aliphatic rings. The fourth-order valence-electron chi connectivity index (χ4n) is 0.180. The minimum absolute atomic E-state index is 1.38. The Kier molecular flexibility index (Phi) is 22.6. The molecule has 4 heteroatoms. The third kappa shape index (κ3) is 16.0. The summed E-state index contributed by atoms with van der Waals surface area (Å²) >= 11 is 4.49. The van der Waals surface area contributed by atoms with Crippen molar-refractivity contribution in [1.82, 2.24) is 0 Å². The Labute approximate surface area is 89.6 Å². The smallest absolute Gasteiger partial charge is 0.800 e. The van der Waals surface area contributed by atoms with Gasteiger partial charge in [0, 0.05) is 0 Å². The molecule has 0 radical (unpaired) electrons. The summed E-state index contributed by atoms with van der Waals surface area (Å²) in [5.41, 5.74) is 0. The number of rotatable bonds is 0. The minimum atomic E-state index is 1.38. The van der Waals surface area contributed by atoms with Crippen LogP contribution in [-0.2, 0) is 12.9 Å². The van der Waals surface area contributed by atoms with E-state index in [1.165, 1.54) is 8.26 Å². The first-order valence-corrected chi connectivity index (χ1v) is 8.50. The molecule has 1 rings (SSSR count). The van der Waals surface area contributed by atoms with Crippen molar-refractivity contribution < 1.29 is 12.9 Å². The van der Waals surface area contributed by atoms with Crippen molar-refractivity contribution in [3.8, 4) is 0 Å². The van der Waals surface area contributed by atoms with E-state index < -0.39 is 0 Å². The monoisotopic (exact) mass is 402 g/mol. The maximum Gasteiger partial charge on any atom is -0.800 e. The molecule has 0 spiro atoms. The van der Waals surface area contributed by atoms with Crippen molar-refractivity contribution in [2.45, 2.75) is 0 Å². The summed E-state index contributed by atoms with van der Waals surface area (Å²) in [6.45, 7) is 4.50. The van der Waals surface area contributed by atoms with E-state index in [-0.39, 0.29) is 0 Å². The first-order chi connectivity index (χ1) is 4.91. The van der Waals surface area contributed by atoms with Crippen LogP contribution in [0.3, 0.4) is 0 Å². The summed E-state index contributed by atoms with van der Waals surface area (Å²) in [5.74, 6) is 0. The molecule has 1 aromatic carbocycles. The molecule has 0 N–H and O–H groups in total. The maximum atomic E-state index is 7.50. The fraction of sp³-hybridized carbons (Fsp3) is 0. The zero-order valence-corrected chi connectivity index (χ0v) is 9.93. The summed E-state index contributed by atoms with van der Waals surface area (Å²) < 4.78 is 7.50. The Morgan fingerprint density at radius 2 is 1.50 bits per heavy atom. The number of hydrogen-bond acceptors (Lipinski definition) is 0. The van der Waals surface area contributed by atoms with E-state index in [9.17, 15) is 0 Å². The molecule has 0 bridgehead atoms. The maximum absolute atomic E-state index is 7.50. The van der Waals surface area contributed by atoms with Gasteiger partial charge in [-0.25, -0.2) is 0 Å². The summed E-state index contributed by atoms with van der Waals surface area (Å²) in [4.78, 5) is 0. The van der Waals surface area contributed by atoms with Crippen molar-refractivity contribution in [3.05, 3.63) is 37.0 Å². The van der Waals surface area contributed by atoms with Crippen molar-refractivity contribution in [3.63, 3.8) is 0 Å². The molecule has 10 heavy (non-hydrogen) atoms. The second-order valence-electron chi connectivity index (χ2n) is 0.731. The van der Waals surface area contributed by atoms with Gasteiger partial charge in [-0.15, -0.1) is 0 Å². The van der Waals surface area contributed by atoms with Gasteiger partial charge in [0.2, 0.25) is 0 Å². The molecular weight excluding hydrogens is 401 g/mol. The van der Waals surface area contributed by atoms with E-state index in [4.69, 9.17) is 4.65 Å². The van der Waals surface area contributed by atoms with Crippen LogP contribution in [0.15, 0.2) is 6.07 Å². The summed E-state index contributed by atoms with van der Waals surface area (Å²) in [6, 6.07) is 12.0. The molecule has 1 nitrogen and oxygen atoms in total. The van der Waals surface area contributed by atoms with Gasteiger partial charge in [-0.1, -0.05) is 0 Å². The van der Waals surface area contributed by atoms with Gasteiger partial charge in [-0.2, -0.15) is 0 Å². The standard InChI is InChI=1S/C5H.CO.Co.2HI/c1-2-4-5-3-1;1-2;;;/h1H;;;2*1H/q-5;;+2;;/p-2. The Morgan fingerprint density at radius 1 is 1.20 bits per heavy atom. The molecule has 59 valence electrons. The minimum Gasteiger partial charge on any atom is -0.999 e. The Morgan fingerprint density at radius 3 is 1.60 bits per heavy atom. The molecule has 0 heterocycles. The van der Waals surface area contributed by atoms with Crippen LogP contribution in [0, 0.1) is 30.9 Å². The fourth-order valence-corrected chi connectivity index (χ4v) is 0.180. The predicted octanol–water partition coefficient (Wildman–Crippen LogP) is 2.34. The Hall–Kier alpha value is 1.06. The van der Waals surface area contributed by atoms with Crippen LogP contribution in [0.2, 0.25) is 0 Å². The quantitative estimate of drug-likeness (QED) is 0.361. The molecule has 0 atom stereocenters. The van der Waals surface area contributed by atoms with Crippen LogP contribution in [0.1, 0.15) is 0 Å². The van der Waals surface area contributed by atoms with Crippen LogP contribution >= 0.6 is 40.8 Å². The molecule has 0 aliphatic heterocycles. The van der Waals surface area contributed by atoms with Crippen molar-refractivity contribution in [2.24, 2.45) is 0 Å². The summed E-state index contributed by atoms with van der Waals surface area (Å²) in [7, 11) is 1.38. The molecule has 0 aliphatic carbocycles. The van der Waals surface area contributed by atoms with Gasteiger partial charge in [0.1, 0.15) is 0 Å². The van der Waals surface area contributed by atoms with Gasteiger partial charge in [0.05, 0.1) is 0 Å². The van der Waals surface area contributed by atoms with Crippen LogP contribution in [0.25, 0.3) is 0 Å². The van der Waals surface area contributed by atoms with Crippen molar-refractivity contribution >= 4 is 40.8 Å². The molecule has 0 saturated carbocycles. The van der Waals surface area contributed by atoms with Gasteiger partial charge in [-0.05, 0) is 0 Å². The van der Waals surface area contributed by atoms with Gasteiger partial charge < -0.3 is 30.3 Å². The summed E-state index contributed by atoms with van der Waals surface area (Å²) in [5, 5.41) is 0. The van der Waals surface area contributed by atoms with Crippen LogP contribution in [-0.4, -0.2) is 0 Å². The van der Waals surface area contributed by atoms with Gasteiger partial charge >= 0.3 is 60.4 Å². The first-order valence-electron chi connectivity index (χ1n) is 1.78. The molecule has 0 saturated heterocycles. The van der Waals surface area contributed by atoms with Crippen molar-refractivity contribution in [1.29, 1.82) is 0 Å². The van der Waals surface area contributed by atoms with E-state index in [1.54, 1.807) is 6.07 Å². The first kappa shape index (κ1) is 13.6. The van der Waals surface area contributed by atoms with E-state index >= 15 is 0 Å². The Bertz CT molecular complexity index is 110. The van der Waals surface area contributed by atoms with Crippen LogP contribution in [0.5, 0.6) is 0 Å². The second-order valence-corrected chi connectivity index (χ2v) is 9.52. The molecule has 0 amide bonds. The number of hydrogen-bond donors (Lipinski definition) is 0. The van der Waals surface area contributed by atoms with E-state index in [2.05, 4.69) is 71.7 Å². The average molecular weight is 402 g/mol. The summed E-state index contributed by atoms with van der Waals surface area (Å²) in [6.07, 6.45) is 0. The SMILES string of the molecule is [C-]#[O+].[I][Co][I].[c-]1[c-][c-][cH-][c-]1. The third-order valence-electron chi connectivity index (χ3n) is 0.351. The van der Waals surface area contributed by atoms with Crippen LogP contribution < -0.4 is 0 Å². The van der Waals surface area contributed by atoms with E-state index in [1.807, 2.05) is 0 Å². The van der Waals surface area contributed by atoms with Gasteiger partial charge in [0.15, 0.2) is 0 Å². The van der Waals surface area contributed by atoms with Crippen molar-refractivity contribution in [2.75, 3.05) is 0 Å². The zero-order chi connectivity index (χ0) is 8.24. The molecule has 1 aromatic rings. The largest absolute Gasteiger partial charge is 0.999 e. The van der Waals surface area contributed by atoms with Gasteiger partial charge in [-0.3, -0.25) is 0 Å².